The van der Waals surface area contributed by atoms with Crippen molar-refractivity contribution in [3.63, 3.8) is 0 Å². The molecule has 0 spiro atoms. The van der Waals surface area contributed by atoms with Crippen molar-refractivity contribution in [2.24, 2.45) is 0 Å². The summed E-state index contributed by atoms with van der Waals surface area (Å²) < 4.78 is 37.6. The topological polar surface area (TPSA) is 52.9 Å². The molecule has 2 aromatic rings. The van der Waals surface area contributed by atoms with E-state index in [4.69, 9.17) is 5.26 Å². The van der Waals surface area contributed by atoms with Crippen LogP contribution in [0.1, 0.15) is 16.7 Å². The Morgan fingerprint density at radius 1 is 1.17 bits per heavy atom. The average Bonchev–Trinajstić information content (AvgIpc) is 2.52. The van der Waals surface area contributed by atoms with E-state index < -0.39 is 17.6 Å². The number of rotatable bonds is 3. The van der Waals surface area contributed by atoms with Gasteiger partial charge in [-0.05, 0) is 48.4 Å². The van der Waals surface area contributed by atoms with Gasteiger partial charge in [-0.2, -0.15) is 18.4 Å². The van der Waals surface area contributed by atoms with Crippen molar-refractivity contribution in [3.8, 4) is 6.07 Å². The Labute approximate surface area is 137 Å². The Kier molecular flexibility index (Phi) is 5.05. The molecule has 6 heteroatoms. The highest BCUT2D eigenvalue weighted by Crippen LogP contribution is 2.29. The fourth-order valence-electron chi connectivity index (χ4n) is 2.00. The molecule has 0 radical (unpaired) electrons. The van der Waals surface area contributed by atoms with Gasteiger partial charge in [-0.25, -0.2) is 0 Å². The number of nitrogens with zero attached hydrogens (tertiary/aromatic N) is 1. The summed E-state index contributed by atoms with van der Waals surface area (Å²) in [6.07, 6.45) is -3.19. The molecular weight excluding hydrogens is 317 g/mol. The Morgan fingerprint density at radius 3 is 2.38 bits per heavy atom. The first-order valence-electron chi connectivity index (χ1n) is 6.96. The second kappa shape index (κ2) is 7.01. The summed E-state index contributed by atoms with van der Waals surface area (Å²) in [5.74, 6) is -0.622. The lowest BCUT2D eigenvalue weighted by Gasteiger charge is -2.07. The normalized spacial score (nSPS) is 11.7. The first-order chi connectivity index (χ1) is 11.3. The zero-order valence-corrected chi connectivity index (χ0v) is 12.7. The number of anilines is 1. The molecule has 2 rings (SSSR count). The van der Waals surface area contributed by atoms with Crippen LogP contribution in [0.5, 0.6) is 0 Å². The molecule has 0 aliphatic heterocycles. The Morgan fingerprint density at radius 2 is 1.83 bits per heavy atom. The smallest absolute Gasteiger partial charge is 0.321 e. The quantitative estimate of drug-likeness (QED) is 0.662. The van der Waals surface area contributed by atoms with E-state index in [9.17, 15) is 18.0 Å². The van der Waals surface area contributed by atoms with Crippen LogP contribution in [0.25, 0.3) is 6.08 Å². The summed E-state index contributed by atoms with van der Waals surface area (Å²) in [4.78, 5) is 12.1. The van der Waals surface area contributed by atoms with Gasteiger partial charge in [0, 0.05) is 5.69 Å². The predicted octanol–water partition coefficient (Wildman–Crippen LogP) is 4.56. The van der Waals surface area contributed by atoms with Crippen LogP contribution in [0.3, 0.4) is 0 Å². The van der Waals surface area contributed by atoms with Crippen LogP contribution in [0.2, 0.25) is 0 Å². The van der Waals surface area contributed by atoms with E-state index in [1.807, 2.05) is 13.0 Å². The summed E-state index contributed by atoms with van der Waals surface area (Å²) in [6.45, 7) is 1.86. The molecule has 0 aromatic heterocycles. The molecule has 0 aliphatic rings. The molecule has 0 atom stereocenters. The van der Waals surface area contributed by atoms with E-state index in [2.05, 4.69) is 5.32 Å². The number of carbonyl (C=O) groups is 1. The largest absolute Gasteiger partial charge is 0.416 e. The van der Waals surface area contributed by atoms with Gasteiger partial charge >= 0.3 is 6.18 Å². The molecule has 0 heterocycles. The van der Waals surface area contributed by atoms with Crippen molar-refractivity contribution in [1.29, 1.82) is 5.26 Å². The van der Waals surface area contributed by atoms with Crippen molar-refractivity contribution in [2.45, 2.75) is 13.1 Å². The van der Waals surface area contributed by atoms with Gasteiger partial charge in [0.25, 0.3) is 5.91 Å². The van der Waals surface area contributed by atoms with E-state index in [-0.39, 0.29) is 5.57 Å². The van der Waals surface area contributed by atoms with Crippen LogP contribution in [-0.4, -0.2) is 5.91 Å². The van der Waals surface area contributed by atoms with Gasteiger partial charge < -0.3 is 5.32 Å². The molecule has 1 amide bonds. The minimum Gasteiger partial charge on any atom is -0.321 e. The third-order valence-corrected chi connectivity index (χ3v) is 3.19. The van der Waals surface area contributed by atoms with Crippen molar-refractivity contribution < 1.29 is 18.0 Å². The number of nitriles is 1. The standard InChI is InChI=1S/C18H13F3N2O/c1-12-3-2-4-16(9-12)23-17(24)14(11-22)10-13-5-7-15(8-6-13)18(19,20)21/h2-10H,1H3,(H,23,24)/b14-10+. The molecule has 122 valence electrons. The zero-order valence-electron chi connectivity index (χ0n) is 12.7. The predicted molar refractivity (Wildman–Crippen MR) is 84.8 cm³/mol. The first kappa shape index (κ1) is 17.3. The second-order valence-electron chi connectivity index (χ2n) is 5.11. The summed E-state index contributed by atoms with van der Waals surface area (Å²) in [5, 5.41) is 11.7. The summed E-state index contributed by atoms with van der Waals surface area (Å²) in [7, 11) is 0. The van der Waals surface area contributed by atoms with Crippen LogP contribution in [-0.2, 0) is 11.0 Å². The number of hydrogen-bond donors (Lipinski definition) is 1. The highest BCUT2D eigenvalue weighted by molar-refractivity contribution is 6.09. The molecule has 1 N–H and O–H groups in total. The lowest BCUT2D eigenvalue weighted by molar-refractivity contribution is -0.137. The maximum atomic E-state index is 12.5. The van der Waals surface area contributed by atoms with Gasteiger partial charge in [-0.1, -0.05) is 24.3 Å². The Hall–Kier alpha value is -3.07. The molecule has 0 saturated heterocycles. The maximum Gasteiger partial charge on any atom is 0.416 e. The van der Waals surface area contributed by atoms with Crippen molar-refractivity contribution >= 4 is 17.7 Å². The third kappa shape index (κ3) is 4.46. The van der Waals surface area contributed by atoms with Gasteiger partial charge in [0.05, 0.1) is 5.56 Å². The minimum absolute atomic E-state index is 0.198. The van der Waals surface area contributed by atoms with Gasteiger partial charge in [-0.3, -0.25) is 4.79 Å². The van der Waals surface area contributed by atoms with Crippen LogP contribution in [0, 0.1) is 18.3 Å². The van der Waals surface area contributed by atoms with Crippen molar-refractivity contribution in [1.82, 2.24) is 0 Å². The second-order valence-corrected chi connectivity index (χ2v) is 5.11. The fraction of sp³-hybridized carbons (Fsp3) is 0.111. The molecular formula is C18H13F3N2O. The molecule has 2 aromatic carbocycles. The average molecular weight is 330 g/mol. The molecule has 0 bridgehead atoms. The van der Waals surface area contributed by atoms with E-state index in [1.54, 1.807) is 24.3 Å². The number of amides is 1. The van der Waals surface area contributed by atoms with Gasteiger partial charge in [0.1, 0.15) is 11.6 Å². The third-order valence-electron chi connectivity index (χ3n) is 3.19. The maximum absolute atomic E-state index is 12.5. The molecule has 3 nitrogen and oxygen atoms in total. The van der Waals surface area contributed by atoms with E-state index >= 15 is 0 Å². The van der Waals surface area contributed by atoms with Crippen LogP contribution in [0.15, 0.2) is 54.1 Å². The van der Waals surface area contributed by atoms with Crippen LogP contribution >= 0.6 is 0 Å². The number of nitrogens with one attached hydrogen (secondary N) is 1. The van der Waals surface area contributed by atoms with Gasteiger partial charge in [0.2, 0.25) is 0 Å². The highest BCUT2D eigenvalue weighted by Gasteiger charge is 2.29. The lowest BCUT2D eigenvalue weighted by atomic mass is 10.1. The summed E-state index contributed by atoms with van der Waals surface area (Å²) >= 11 is 0. The molecule has 0 saturated carbocycles. The van der Waals surface area contributed by atoms with E-state index in [1.165, 1.54) is 18.2 Å². The fourth-order valence-corrected chi connectivity index (χ4v) is 2.00. The minimum atomic E-state index is -4.43. The van der Waals surface area contributed by atoms with Gasteiger partial charge in [0.15, 0.2) is 0 Å². The number of benzene rings is 2. The molecule has 24 heavy (non-hydrogen) atoms. The first-order valence-corrected chi connectivity index (χ1v) is 6.96. The molecule has 0 unspecified atom stereocenters. The van der Waals surface area contributed by atoms with Crippen LogP contribution < -0.4 is 5.32 Å². The lowest BCUT2D eigenvalue weighted by Crippen LogP contribution is -2.13. The SMILES string of the molecule is Cc1cccc(NC(=O)/C(C#N)=C/c2ccc(C(F)(F)F)cc2)c1. The number of carbonyl (C=O) groups excluding carboxylic acids is 1. The monoisotopic (exact) mass is 330 g/mol. The molecule has 0 aliphatic carbocycles. The number of aryl methyl sites for hydroxylation is 1. The molecule has 0 fully saturated rings. The Balaban J connectivity index is 2.19. The van der Waals surface area contributed by atoms with Crippen LogP contribution in [0.4, 0.5) is 18.9 Å². The Bertz CT molecular complexity index is 815. The number of halogens is 3. The number of hydrogen-bond acceptors (Lipinski definition) is 2. The zero-order chi connectivity index (χ0) is 17.7. The van der Waals surface area contributed by atoms with Crippen molar-refractivity contribution in [3.05, 3.63) is 70.8 Å². The summed E-state index contributed by atoms with van der Waals surface area (Å²) in [5.41, 5.74) is 0.823. The summed E-state index contributed by atoms with van der Waals surface area (Å²) in [6, 6.07) is 13.0. The number of alkyl halides is 3. The van der Waals surface area contributed by atoms with E-state index in [0.29, 0.717) is 11.3 Å². The van der Waals surface area contributed by atoms with Gasteiger partial charge in [-0.15, -0.1) is 0 Å². The van der Waals surface area contributed by atoms with Crippen molar-refractivity contribution in [2.75, 3.05) is 5.32 Å². The highest BCUT2D eigenvalue weighted by atomic mass is 19.4. The van der Waals surface area contributed by atoms with E-state index in [0.717, 1.165) is 17.7 Å².